The van der Waals surface area contributed by atoms with Gasteiger partial charge in [-0.25, -0.2) is 4.98 Å². The van der Waals surface area contributed by atoms with Gasteiger partial charge in [-0.3, -0.25) is 4.79 Å². The summed E-state index contributed by atoms with van der Waals surface area (Å²) >= 11 is 0. The number of H-pyrrole nitrogens is 1. The molecule has 0 fully saturated rings. The molecule has 0 aliphatic carbocycles. The Labute approximate surface area is 180 Å². The quantitative estimate of drug-likeness (QED) is 0.262. The van der Waals surface area contributed by atoms with Gasteiger partial charge in [0.1, 0.15) is 11.6 Å². The van der Waals surface area contributed by atoms with Crippen molar-refractivity contribution in [2.75, 3.05) is 7.11 Å². The van der Waals surface area contributed by atoms with Crippen molar-refractivity contribution >= 4 is 11.5 Å². The van der Waals surface area contributed by atoms with Crippen LogP contribution < -0.4 is 10.1 Å². The van der Waals surface area contributed by atoms with E-state index in [1.807, 2.05) is 31.3 Å². The van der Waals surface area contributed by atoms with Crippen molar-refractivity contribution in [3.63, 3.8) is 0 Å². The second-order valence-corrected chi connectivity index (χ2v) is 7.57. The van der Waals surface area contributed by atoms with Crippen LogP contribution in [0.25, 0.3) is 5.57 Å². The summed E-state index contributed by atoms with van der Waals surface area (Å²) in [5.41, 5.74) is 2.41. The third-order valence-corrected chi connectivity index (χ3v) is 5.05. The average molecular weight is 410 g/mol. The molecule has 0 unspecified atom stereocenters. The molecule has 0 bridgehead atoms. The van der Waals surface area contributed by atoms with Crippen molar-refractivity contribution in [3.05, 3.63) is 66.3 Å². The minimum Gasteiger partial charge on any atom is -0.497 e. The molecule has 162 valence electrons. The number of benzene rings is 1. The standard InChI is InChI=1S/C25H35N3O2/c1-4-5-6-10-21(22-14-16-23(30-3)17-15-22)11-8-13-25(29)28-20(2)9-7-12-24-26-18-19-27-24/h8,11,13-20H,4-7,9-10,12H2,1-3H3,(H,26,27)(H,28,29)/t20-/m1/s1. The van der Waals surface area contributed by atoms with Gasteiger partial charge < -0.3 is 15.0 Å². The summed E-state index contributed by atoms with van der Waals surface area (Å²) in [5, 5.41) is 3.04. The van der Waals surface area contributed by atoms with Gasteiger partial charge in [0.25, 0.3) is 0 Å². The molecule has 5 nitrogen and oxygen atoms in total. The number of carbonyl (C=O) groups excluding carboxylic acids is 1. The van der Waals surface area contributed by atoms with Crippen LogP contribution in [0.4, 0.5) is 0 Å². The molecule has 0 saturated heterocycles. The molecular weight excluding hydrogens is 374 g/mol. The van der Waals surface area contributed by atoms with Crippen molar-refractivity contribution < 1.29 is 9.53 Å². The second-order valence-electron chi connectivity index (χ2n) is 7.57. The molecule has 0 spiro atoms. The maximum Gasteiger partial charge on any atom is 0.244 e. The Kier molecular flexibility index (Phi) is 10.5. The average Bonchev–Trinajstić information content (AvgIpc) is 3.26. The van der Waals surface area contributed by atoms with Gasteiger partial charge in [0.15, 0.2) is 0 Å². The van der Waals surface area contributed by atoms with Gasteiger partial charge in [-0.05, 0) is 55.9 Å². The molecule has 2 aromatic rings. The summed E-state index contributed by atoms with van der Waals surface area (Å²) in [6.45, 7) is 4.24. The lowest BCUT2D eigenvalue weighted by Gasteiger charge is -2.11. The lowest BCUT2D eigenvalue weighted by atomic mass is 9.99. The molecule has 1 aromatic carbocycles. The van der Waals surface area contributed by atoms with E-state index in [4.69, 9.17) is 4.74 Å². The van der Waals surface area contributed by atoms with Gasteiger partial charge in [-0.15, -0.1) is 0 Å². The SMILES string of the molecule is CCCCCC(=CC=CC(=O)N[C@H](C)CCCc1ncc[nH]1)c1ccc(OC)cc1. The minimum atomic E-state index is -0.0561. The molecule has 0 aliphatic rings. The normalized spacial score (nSPS) is 12.8. The Morgan fingerprint density at radius 2 is 2.03 bits per heavy atom. The summed E-state index contributed by atoms with van der Waals surface area (Å²) in [4.78, 5) is 19.6. The van der Waals surface area contributed by atoms with Crippen molar-refractivity contribution in [2.45, 2.75) is 64.8 Å². The highest BCUT2D eigenvalue weighted by molar-refractivity contribution is 5.88. The summed E-state index contributed by atoms with van der Waals surface area (Å²) < 4.78 is 5.25. The lowest BCUT2D eigenvalue weighted by molar-refractivity contribution is -0.117. The number of aromatic nitrogens is 2. The third kappa shape index (κ3) is 8.68. The fourth-order valence-corrected chi connectivity index (χ4v) is 3.32. The van der Waals surface area contributed by atoms with E-state index in [-0.39, 0.29) is 11.9 Å². The van der Waals surface area contributed by atoms with Gasteiger partial charge in [0.2, 0.25) is 5.91 Å². The van der Waals surface area contributed by atoms with Gasteiger partial charge in [-0.2, -0.15) is 0 Å². The molecular formula is C25H35N3O2. The molecule has 5 heteroatoms. The fraction of sp³-hybridized carbons (Fsp3) is 0.440. The Hall–Kier alpha value is -2.82. The van der Waals surface area contributed by atoms with Crippen LogP contribution in [0.15, 0.2) is 54.9 Å². The molecule has 2 N–H and O–H groups in total. The van der Waals surface area contributed by atoms with Gasteiger partial charge in [-0.1, -0.05) is 44.1 Å². The van der Waals surface area contributed by atoms with Crippen LogP contribution in [0.1, 0.15) is 63.8 Å². The van der Waals surface area contributed by atoms with Gasteiger partial charge >= 0.3 is 0 Å². The smallest absolute Gasteiger partial charge is 0.244 e. The molecule has 1 heterocycles. The molecule has 0 radical (unpaired) electrons. The summed E-state index contributed by atoms with van der Waals surface area (Å²) in [7, 11) is 1.67. The topological polar surface area (TPSA) is 67.0 Å². The number of amides is 1. The van der Waals surface area contributed by atoms with Gasteiger partial charge in [0.05, 0.1) is 7.11 Å². The van der Waals surface area contributed by atoms with Crippen LogP contribution in [-0.2, 0) is 11.2 Å². The second kappa shape index (κ2) is 13.4. The summed E-state index contributed by atoms with van der Waals surface area (Å²) in [6, 6.07) is 8.23. The maximum atomic E-state index is 12.2. The third-order valence-electron chi connectivity index (χ3n) is 5.05. The Morgan fingerprint density at radius 3 is 2.70 bits per heavy atom. The molecule has 0 aliphatic heterocycles. The summed E-state index contributed by atoms with van der Waals surface area (Å²) in [6.07, 6.45) is 16.5. The number of nitrogens with zero attached hydrogens (tertiary/aromatic N) is 1. The monoisotopic (exact) mass is 409 g/mol. The zero-order valence-corrected chi connectivity index (χ0v) is 18.5. The largest absolute Gasteiger partial charge is 0.497 e. The number of ether oxygens (including phenoxy) is 1. The fourth-order valence-electron chi connectivity index (χ4n) is 3.32. The predicted octanol–water partition coefficient (Wildman–Crippen LogP) is 5.47. The van der Waals surface area contributed by atoms with E-state index >= 15 is 0 Å². The zero-order valence-electron chi connectivity index (χ0n) is 18.5. The van der Waals surface area contributed by atoms with Crippen LogP contribution in [0.3, 0.4) is 0 Å². The first kappa shape index (κ1) is 23.5. The first-order chi connectivity index (χ1) is 14.6. The van der Waals surface area contributed by atoms with Crippen LogP contribution >= 0.6 is 0 Å². The number of unbranched alkanes of at least 4 members (excludes halogenated alkanes) is 2. The highest BCUT2D eigenvalue weighted by Crippen LogP contribution is 2.23. The molecule has 1 amide bonds. The molecule has 2 rings (SSSR count). The molecule has 30 heavy (non-hydrogen) atoms. The van der Waals surface area contributed by atoms with E-state index in [0.29, 0.717) is 0 Å². The number of hydrogen-bond acceptors (Lipinski definition) is 3. The van der Waals surface area contributed by atoms with Crippen LogP contribution in [-0.4, -0.2) is 29.0 Å². The number of allylic oxidation sites excluding steroid dienone is 3. The molecule has 0 saturated carbocycles. The number of aromatic amines is 1. The summed E-state index contributed by atoms with van der Waals surface area (Å²) in [5.74, 6) is 1.79. The van der Waals surface area contributed by atoms with E-state index in [2.05, 4.69) is 40.4 Å². The van der Waals surface area contributed by atoms with E-state index < -0.39 is 0 Å². The van der Waals surface area contributed by atoms with Crippen molar-refractivity contribution in [1.82, 2.24) is 15.3 Å². The van der Waals surface area contributed by atoms with Crippen molar-refractivity contribution in [3.8, 4) is 5.75 Å². The van der Waals surface area contributed by atoms with E-state index in [0.717, 1.165) is 43.7 Å². The van der Waals surface area contributed by atoms with E-state index in [9.17, 15) is 4.79 Å². The number of nitrogens with one attached hydrogen (secondary N) is 2. The Bertz CT molecular complexity index is 792. The molecule has 1 atom stereocenters. The number of rotatable bonds is 13. The highest BCUT2D eigenvalue weighted by atomic mass is 16.5. The van der Waals surface area contributed by atoms with Crippen molar-refractivity contribution in [1.29, 1.82) is 0 Å². The molecule has 1 aromatic heterocycles. The number of methoxy groups -OCH3 is 1. The number of hydrogen-bond donors (Lipinski definition) is 2. The highest BCUT2D eigenvalue weighted by Gasteiger charge is 2.06. The predicted molar refractivity (Wildman–Crippen MR) is 123 cm³/mol. The number of imidazole rings is 1. The van der Waals surface area contributed by atoms with Gasteiger partial charge in [0, 0.05) is 30.9 Å². The van der Waals surface area contributed by atoms with Crippen molar-refractivity contribution in [2.24, 2.45) is 0 Å². The zero-order chi connectivity index (χ0) is 21.6. The Balaban J connectivity index is 1.87. The minimum absolute atomic E-state index is 0.0561. The van der Waals surface area contributed by atoms with E-state index in [1.165, 1.54) is 24.0 Å². The number of carbonyl (C=O) groups is 1. The number of aryl methyl sites for hydroxylation is 1. The van der Waals surface area contributed by atoms with Crippen LogP contribution in [0, 0.1) is 0 Å². The van der Waals surface area contributed by atoms with E-state index in [1.54, 1.807) is 19.4 Å². The Morgan fingerprint density at radius 1 is 1.23 bits per heavy atom. The lowest BCUT2D eigenvalue weighted by Crippen LogP contribution is -2.31. The van der Waals surface area contributed by atoms with Crippen LogP contribution in [0.5, 0.6) is 5.75 Å². The first-order valence-electron chi connectivity index (χ1n) is 10.9. The van der Waals surface area contributed by atoms with Crippen LogP contribution in [0.2, 0.25) is 0 Å². The maximum absolute atomic E-state index is 12.2. The first-order valence-corrected chi connectivity index (χ1v) is 10.9.